The lowest BCUT2D eigenvalue weighted by atomic mass is 10.1. The van der Waals surface area contributed by atoms with Gasteiger partial charge in [0.15, 0.2) is 11.6 Å². The Hall–Kier alpha value is -1.70. The molecule has 0 amide bonds. The van der Waals surface area contributed by atoms with E-state index in [1.807, 2.05) is 12.1 Å². The molecule has 5 nitrogen and oxygen atoms in total. The maximum Gasteiger partial charge on any atom is 0.163 e. The molecule has 0 atom stereocenters. The van der Waals surface area contributed by atoms with Crippen LogP contribution in [0.2, 0.25) is 0 Å². The van der Waals surface area contributed by atoms with Gasteiger partial charge in [-0.1, -0.05) is 31.9 Å². The summed E-state index contributed by atoms with van der Waals surface area (Å²) in [5.41, 5.74) is 0.966. The van der Waals surface area contributed by atoms with Gasteiger partial charge < -0.3 is 14.6 Å². The molecule has 0 aliphatic heterocycles. The van der Waals surface area contributed by atoms with Crippen molar-refractivity contribution in [1.29, 1.82) is 0 Å². The number of hydrogen-bond acceptors (Lipinski definition) is 5. The molecule has 1 N–H and O–H groups in total. The lowest BCUT2D eigenvalue weighted by Gasteiger charge is -2.09. The number of methoxy groups -OCH3 is 1. The summed E-state index contributed by atoms with van der Waals surface area (Å²) in [4.78, 5) is 22.1. The molecule has 0 saturated heterocycles. The molecule has 0 radical (unpaired) electrons. The predicted octanol–water partition coefficient (Wildman–Crippen LogP) is 5.42. The van der Waals surface area contributed by atoms with Gasteiger partial charge in [-0.25, -0.2) is 0 Å². The molecule has 0 fully saturated rings. The van der Waals surface area contributed by atoms with E-state index in [2.05, 4.69) is 31.9 Å². The van der Waals surface area contributed by atoms with Gasteiger partial charge in [-0.05, 0) is 50.2 Å². The van der Waals surface area contributed by atoms with Gasteiger partial charge in [-0.3, -0.25) is 9.59 Å². The summed E-state index contributed by atoms with van der Waals surface area (Å²) in [6.07, 6.45) is 0.806. The fourth-order valence-electron chi connectivity index (χ4n) is 2.09. The minimum absolute atomic E-state index is 0.00856. The predicted molar refractivity (Wildman–Crippen MR) is 112 cm³/mol. The smallest absolute Gasteiger partial charge is 0.163 e. The number of ketones is 2. The van der Waals surface area contributed by atoms with E-state index in [1.165, 1.54) is 19.9 Å². The lowest BCUT2D eigenvalue weighted by Crippen LogP contribution is -2.05. The molecule has 0 spiro atoms. The van der Waals surface area contributed by atoms with Crippen LogP contribution in [-0.2, 0) is 4.74 Å². The number of benzene rings is 2. The fraction of sp³-hybridized carbons (Fsp3) is 0.300. The largest absolute Gasteiger partial charge is 0.507 e. The van der Waals surface area contributed by atoms with Gasteiger partial charge in [0, 0.05) is 29.1 Å². The number of rotatable bonds is 7. The molecular formula is C20H22Br2O5. The molecule has 0 saturated carbocycles. The highest BCUT2D eigenvalue weighted by molar-refractivity contribution is 9.10. The third kappa shape index (κ3) is 8.24. The first-order valence-corrected chi connectivity index (χ1v) is 9.76. The molecule has 0 aromatic heterocycles. The molecular weight excluding hydrogens is 480 g/mol. The Morgan fingerprint density at radius 2 is 1.48 bits per heavy atom. The number of carbonyl (C=O) groups excluding carboxylic acids is 2. The highest BCUT2D eigenvalue weighted by Crippen LogP contribution is 2.24. The Bertz CT molecular complexity index is 790. The summed E-state index contributed by atoms with van der Waals surface area (Å²) in [5, 5.41) is 9.21. The number of hydrogen-bond donors (Lipinski definition) is 1. The van der Waals surface area contributed by atoms with Crippen molar-refractivity contribution in [1.82, 2.24) is 0 Å². The molecule has 146 valence electrons. The lowest BCUT2D eigenvalue weighted by molar-refractivity contribution is 0.100. The Morgan fingerprint density at radius 3 is 2.00 bits per heavy atom. The molecule has 0 heterocycles. The fourth-order valence-corrected chi connectivity index (χ4v) is 2.78. The number of ether oxygens (including phenoxy) is 2. The number of halogens is 2. The van der Waals surface area contributed by atoms with Crippen LogP contribution in [0.4, 0.5) is 0 Å². The average Bonchev–Trinajstić information content (AvgIpc) is 2.58. The van der Waals surface area contributed by atoms with Gasteiger partial charge >= 0.3 is 0 Å². The van der Waals surface area contributed by atoms with E-state index >= 15 is 0 Å². The number of Topliss-reactive ketones (excluding diaryl/α,β-unsaturated/α-hetero) is 2. The Balaban J connectivity index is 0.000000289. The zero-order valence-corrected chi connectivity index (χ0v) is 18.6. The summed E-state index contributed by atoms with van der Waals surface area (Å²) in [5.74, 6) is 0.522. The monoisotopic (exact) mass is 500 g/mol. The van der Waals surface area contributed by atoms with E-state index < -0.39 is 0 Å². The van der Waals surface area contributed by atoms with E-state index in [0.717, 1.165) is 15.4 Å². The van der Waals surface area contributed by atoms with Crippen LogP contribution in [0.15, 0.2) is 45.3 Å². The molecule has 0 bridgehead atoms. The van der Waals surface area contributed by atoms with Crippen LogP contribution in [0.3, 0.4) is 0 Å². The molecule has 0 aliphatic rings. The summed E-state index contributed by atoms with van der Waals surface area (Å²) in [6.45, 7) is 4.15. The topological polar surface area (TPSA) is 72.8 Å². The molecule has 0 unspecified atom stereocenters. The van der Waals surface area contributed by atoms with Gasteiger partial charge in [0.05, 0.1) is 17.7 Å². The van der Waals surface area contributed by atoms with E-state index in [0.29, 0.717) is 30.1 Å². The van der Waals surface area contributed by atoms with Gasteiger partial charge in [-0.15, -0.1) is 0 Å². The minimum atomic E-state index is -0.130. The summed E-state index contributed by atoms with van der Waals surface area (Å²) in [6, 6.07) is 10.2. The summed E-state index contributed by atoms with van der Waals surface area (Å²) in [7, 11) is 1.65. The van der Waals surface area contributed by atoms with Gasteiger partial charge in [-0.2, -0.15) is 0 Å². The Morgan fingerprint density at radius 1 is 0.926 bits per heavy atom. The number of phenols is 1. The zero-order chi connectivity index (χ0) is 20.4. The zero-order valence-electron chi connectivity index (χ0n) is 15.4. The first-order chi connectivity index (χ1) is 12.8. The second kappa shape index (κ2) is 11.9. The molecule has 27 heavy (non-hydrogen) atoms. The first kappa shape index (κ1) is 23.3. The third-order valence-electron chi connectivity index (χ3n) is 3.41. The first-order valence-electron chi connectivity index (χ1n) is 8.18. The van der Waals surface area contributed by atoms with Gasteiger partial charge in [0.1, 0.15) is 11.5 Å². The second-order valence-electron chi connectivity index (χ2n) is 5.61. The highest BCUT2D eigenvalue weighted by Gasteiger charge is 2.08. The maximum atomic E-state index is 11.3. The van der Waals surface area contributed by atoms with Crippen molar-refractivity contribution in [2.45, 2.75) is 20.3 Å². The average molecular weight is 502 g/mol. The SMILES string of the molecule is CC(=O)c1ccc(Br)cc1O.COCCCOc1cc(Br)ccc1C(C)=O. The minimum Gasteiger partial charge on any atom is -0.507 e. The number of phenolic OH excluding ortho intramolecular Hbond substituents is 1. The van der Waals surface area contributed by atoms with Crippen LogP contribution in [0.25, 0.3) is 0 Å². The maximum absolute atomic E-state index is 11.3. The normalized spacial score (nSPS) is 9.96. The summed E-state index contributed by atoms with van der Waals surface area (Å²) < 4.78 is 12.1. The third-order valence-corrected chi connectivity index (χ3v) is 4.40. The molecule has 2 aromatic rings. The van der Waals surface area contributed by atoms with Crippen molar-refractivity contribution < 1.29 is 24.2 Å². The molecule has 2 rings (SSSR count). The summed E-state index contributed by atoms with van der Waals surface area (Å²) >= 11 is 6.53. The van der Waals surface area contributed by atoms with Crippen LogP contribution in [0.5, 0.6) is 11.5 Å². The molecule has 2 aromatic carbocycles. The van der Waals surface area contributed by atoms with Crippen LogP contribution < -0.4 is 4.74 Å². The van der Waals surface area contributed by atoms with Crippen LogP contribution >= 0.6 is 31.9 Å². The molecule has 0 aliphatic carbocycles. The van der Waals surface area contributed by atoms with E-state index in [-0.39, 0.29) is 17.3 Å². The van der Waals surface area contributed by atoms with E-state index in [4.69, 9.17) is 9.47 Å². The van der Waals surface area contributed by atoms with Crippen molar-refractivity contribution in [3.05, 3.63) is 56.5 Å². The van der Waals surface area contributed by atoms with Crippen LogP contribution in [-0.4, -0.2) is 37.0 Å². The van der Waals surface area contributed by atoms with Crippen molar-refractivity contribution in [2.75, 3.05) is 20.3 Å². The van der Waals surface area contributed by atoms with E-state index in [1.54, 1.807) is 25.3 Å². The Labute approximate surface area is 175 Å². The van der Waals surface area contributed by atoms with Crippen molar-refractivity contribution in [3.8, 4) is 11.5 Å². The molecule has 7 heteroatoms. The van der Waals surface area contributed by atoms with Gasteiger partial charge in [0.2, 0.25) is 0 Å². The van der Waals surface area contributed by atoms with Gasteiger partial charge in [0.25, 0.3) is 0 Å². The van der Waals surface area contributed by atoms with Crippen LogP contribution in [0, 0.1) is 0 Å². The van der Waals surface area contributed by atoms with Crippen molar-refractivity contribution in [3.63, 3.8) is 0 Å². The number of aromatic hydroxyl groups is 1. The quantitative estimate of drug-likeness (QED) is 0.404. The Kier molecular flexibility index (Phi) is 10.3. The van der Waals surface area contributed by atoms with Crippen LogP contribution in [0.1, 0.15) is 41.0 Å². The van der Waals surface area contributed by atoms with Crippen molar-refractivity contribution in [2.24, 2.45) is 0 Å². The highest BCUT2D eigenvalue weighted by atomic mass is 79.9. The second-order valence-corrected chi connectivity index (χ2v) is 7.44. The van der Waals surface area contributed by atoms with Crippen molar-refractivity contribution >= 4 is 43.4 Å². The standard InChI is InChI=1S/C12H15BrO3.C8H7BrO2/c1-9(14)11-5-4-10(13)8-12(11)16-7-3-6-15-2;1-5(10)7-3-2-6(9)4-8(7)11/h4-5,8H,3,6-7H2,1-2H3;2-4,11H,1H3. The number of carbonyl (C=O) groups is 2. The van der Waals surface area contributed by atoms with E-state index in [9.17, 15) is 14.7 Å².